The number of amides is 3. The Kier molecular flexibility index (Phi) is 11.3. The molecule has 1 aliphatic rings. The van der Waals surface area contributed by atoms with Crippen LogP contribution in [-0.2, 0) is 23.9 Å². The lowest BCUT2D eigenvalue weighted by atomic mass is 10.0. The van der Waals surface area contributed by atoms with Gasteiger partial charge in [0.2, 0.25) is 11.8 Å². The zero-order valence-corrected chi connectivity index (χ0v) is 27.2. The van der Waals surface area contributed by atoms with Gasteiger partial charge in [0.1, 0.15) is 11.2 Å². The number of ether oxygens (including phenoxy) is 2. The van der Waals surface area contributed by atoms with Crippen molar-refractivity contribution in [2.45, 2.75) is 78.0 Å². The Hall–Kier alpha value is -2.82. The Labute approximate surface area is 260 Å². The van der Waals surface area contributed by atoms with E-state index in [1.54, 1.807) is 52.5 Å². The highest BCUT2D eigenvalue weighted by Gasteiger charge is 2.30. The molecule has 2 heterocycles. The first-order valence-corrected chi connectivity index (χ1v) is 15.5. The van der Waals surface area contributed by atoms with Gasteiger partial charge in [0, 0.05) is 31.8 Å². The average molecular weight is 641 g/mol. The number of thiophene rings is 1. The van der Waals surface area contributed by atoms with Gasteiger partial charge in [-0.1, -0.05) is 23.2 Å². The first kappa shape index (κ1) is 33.7. The van der Waals surface area contributed by atoms with Crippen molar-refractivity contribution in [3.8, 4) is 0 Å². The molecule has 1 aromatic heterocycles. The fraction of sp³-hybridized carbons (Fsp3) is 0.533. The highest BCUT2D eigenvalue weighted by atomic mass is 35.5. The number of hydrogen-bond donors (Lipinski definition) is 2. The first-order chi connectivity index (χ1) is 19.5. The van der Waals surface area contributed by atoms with Gasteiger partial charge in [0.25, 0.3) is 0 Å². The second-order valence-corrected chi connectivity index (χ2v) is 13.9. The second kappa shape index (κ2) is 14.1. The number of carbonyl (C=O) groups is 4. The van der Waals surface area contributed by atoms with Crippen LogP contribution in [0.4, 0.5) is 4.79 Å². The van der Waals surface area contributed by atoms with Crippen molar-refractivity contribution in [2.75, 3.05) is 19.6 Å². The van der Waals surface area contributed by atoms with Gasteiger partial charge >= 0.3 is 12.1 Å². The summed E-state index contributed by atoms with van der Waals surface area (Å²) in [6.45, 7) is 11.2. The largest absolute Gasteiger partial charge is 0.460 e. The predicted octanol–water partition coefficient (Wildman–Crippen LogP) is 6.20. The zero-order chi connectivity index (χ0) is 31.2. The zero-order valence-electron chi connectivity index (χ0n) is 24.8. The summed E-state index contributed by atoms with van der Waals surface area (Å²) in [6.07, 6.45) is 3.34. The molecule has 1 atom stereocenters. The lowest BCUT2D eigenvalue weighted by Crippen LogP contribution is -2.49. The van der Waals surface area contributed by atoms with E-state index in [4.69, 9.17) is 32.7 Å². The Bertz CT molecular complexity index is 1340. The molecule has 1 aliphatic heterocycles. The summed E-state index contributed by atoms with van der Waals surface area (Å²) >= 11 is 14.3. The van der Waals surface area contributed by atoms with Crippen molar-refractivity contribution in [1.29, 1.82) is 0 Å². The molecule has 0 spiro atoms. The van der Waals surface area contributed by atoms with E-state index in [0.717, 1.165) is 10.1 Å². The number of fused-ring (bicyclic) bond motifs is 1. The lowest BCUT2D eigenvalue weighted by molar-refractivity contribution is -0.157. The number of halogens is 2. The number of rotatable bonds is 8. The lowest BCUT2D eigenvalue weighted by Gasteiger charge is -2.32. The third-order valence-corrected chi connectivity index (χ3v) is 8.25. The number of nitrogens with one attached hydrogen (secondary N) is 2. The molecule has 9 nitrogen and oxygen atoms in total. The van der Waals surface area contributed by atoms with E-state index < -0.39 is 29.2 Å². The SMILES string of the molecule is CC(C)(C)OC(=O)CC(CNC(=O)OC(C)(C)C)C(=O)NC1CCN(C(=O)C=Cc2cc3ccsc3c(Cl)c2Cl)CC1. The van der Waals surface area contributed by atoms with Crippen molar-refractivity contribution < 1.29 is 28.7 Å². The van der Waals surface area contributed by atoms with Crippen molar-refractivity contribution in [1.82, 2.24) is 15.5 Å². The van der Waals surface area contributed by atoms with Crippen LogP contribution in [0.1, 0.15) is 66.4 Å². The normalized spacial score (nSPS) is 15.5. The maximum atomic E-state index is 13.2. The van der Waals surface area contributed by atoms with Crippen LogP contribution in [0.25, 0.3) is 16.2 Å². The van der Waals surface area contributed by atoms with Crippen LogP contribution >= 0.6 is 34.5 Å². The van der Waals surface area contributed by atoms with E-state index >= 15 is 0 Å². The van der Waals surface area contributed by atoms with E-state index in [-0.39, 0.29) is 30.8 Å². The van der Waals surface area contributed by atoms with E-state index in [1.165, 1.54) is 17.4 Å². The fourth-order valence-electron chi connectivity index (χ4n) is 4.38. The smallest absolute Gasteiger partial charge is 0.407 e. The molecule has 0 saturated carbocycles. The molecule has 1 saturated heterocycles. The van der Waals surface area contributed by atoms with Crippen LogP contribution < -0.4 is 10.6 Å². The van der Waals surface area contributed by atoms with Crippen molar-refractivity contribution in [2.24, 2.45) is 5.92 Å². The molecule has 0 aliphatic carbocycles. The van der Waals surface area contributed by atoms with Gasteiger partial charge in [-0.05, 0) is 88.9 Å². The van der Waals surface area contributed by atoms with Gasteiger partial charge in [0.05, 0.1) is 27.1 Å². The number of alkyl carbamates (subject to hydrolysis) is 1. The summed E-state index contributed by atoms with van der Waals surface area (Å²) < 4.78 is 11.6. The van der Waals surface area contributed by atoms with Crippen molar-refractivity contribution >= 4 is 74.6 Å². The number of nitrogens with zero attached hydrogens (tertiary/aromatic N) is 1. The number of hydrogen-bond acceptors (Lipinski definition) is 7. The number of piperidine rings is 1. The minimum atomic E-state index is -0.855. The molecule has 2 N–H and O–H groups in total. The number of carbonyl (C=O) groups excluding carboxylic acids is 4. The predicted molar refractivity (Wildman–Crippen MR) is 167 cm³/mol. The van der Waals surface area contributed by atoms with Gasteiger partial charge < -0.3 is 25.0 Å². The molecule has 1 unspecified atom stereocenters. The van der Waals surface area contributed by atoms with Gasteiger partial charge in [-0.25, -0.2) is 4.79 Å². The molecular weight excluding hydrogens is 601 g/mol. The minimum absolute atomic E-state index is 0.0914. The highest BCUT2D eigenvalue weighted by molar-refractivity contribution is 7.18. The van der Waals surface area contributed by atoms with E-state index in [1.807, 2.05) is 17.5 Å². The molecule has 230 valence electrons. The van der Waals surface area contributed by atoms with Gasteiger partial charge in [-0.3, -0.25) is 14.4 Å². The van der Waals surface area contributed by atoms with Crippen LogP contribution in [0.3, 0.4) is 0 Å². The van der Waals surface area contributed by atoms with Crippen molar-refractivity contribution in [3.63, 3.8) is 0 Å². The molecule has 3 rings (SSSR count). The summed E-state index contributed by atoms with van der Waals surface area (Å²) in [6, 6.07) is 3.66. The Morgan fingerprint density at radius 1 is 1.05 bits per heavy atom. The van der Waals surface area contributed by atoms with Crippen LogP contribution in [0.5, 0.6) is 0 Å². The minimum Gasteiger partial charge on any atom is -0.460 e. The number of esters is 1. The third-order valence-electron chi connectivity index (χ3n) is 6.31. The van der Waals surface area contributed by atoms with E-state index in [0.29, 0.717) is 41.5 Å². The molecular formula is C30H39Cl2N3O6S. The monoisotopic (exact) mass is 639 g/mol. The Morgan fingerprint density at radius 3 is 2.31 bits per heavy atom. The quantitative estimate of drug-likeness (QED) is 0.262. The highest BCUT2D eigenvalue weighted by Crippen LogP contribution is 2.37. The average Bonchev–Trinajstić information content (AvgIpc) is 3.34. The molecule has 12 heteroatoms. The summed E-state index contributed by atoms with van der Waals surface area (Å²) in [5, 5.41) is 9.33. The molecule has 42 heavy (non-hydrogen) atoms. The maximum Gasteiger partial charge on any atom is 0.407 e. The number of likely N-dealkylation sites (tertiary alicyclic amines) is 1. The van der Waals surface area contributed by atoms with Gasteiger partial charge in [0.15, 0.2) is 0 Å². The first-order valence-electron chi connectivity index (χ1n) is 13.8. The van der Waals surface area contributed by atoms with Crippen LogP contribution in [0.15, 0.2) is 23.6 Å². The summed E-state index contributed by atoms with van der Waals surface area (Å²) in [5.41, 5.74) is -0.748. The topological polar surface area (TPSA) is 114 Å². The van der Waals surface area contributed by atoms with E-state index in [9.17, 15) is 19.2 Å². The number of benzene rings is 1. The molecule has 1 fully saturated rings. The maximum absolute atomic E-state index is 13.2. The molecule has 0 bridgehead atoms. The van der Waals surface area contributed by atoms with Crippen LogP contribution in [0.2, 0.25) is 10.0 Å². The summed E-state index contributed by atoms with van der Waals surface area (Å²) in [5.74, 6) is -1.94. The van der Waals surface area contributed by atoms with Crippen LogP contribution in [-0.4, -0.2) is 65.7 Å². The molecule has 0 radical (unpaired) electrons. The molecule has 2 aromatic rings. The second-order valence-electron chi connectivity index (χ2n) is 12.2. The molecule has 3 amide bonds. The third kappa shape index (κ3) is 10.2. The van der Waals surface area contributed by atoms with Gasteiger partial charge in [-0.15, -0.1) is 11.3 Å². The van der Waals surface area contributed by atoms with Crippen molar-refractivity contribution in [3.05, 3.63) is 39.2 Å². The fourth-order valence-corrected chi connectivity index (χ4v) is 5.82. The Morgan fingerprint density at radius 2 is 1.69 bits per heavy atom. The van der Waals surface area contributed by atoms with Gasteiger partial charge in [-0.2, -0.15) is 0 Å². The molecule has 1 aromatic carbocycles. The summed E-state index contributed by atoms with van der Waals surface area (Å²) in [7, 11) is 0. The Balaban J connectivity index is 1.56. The van der Waals surface area contributed by atoms with Crippen LogP contribution in [0, 0.1) is 5.92 Å². The standard InChI is InChI=1S/C30H39Cl2N3O6S/c1-29(2,3)40-23(37)16-20(17-33-28(39)41-30(4,5)6)27(38)34-21-9-12-35(13-10-21)22(36)8-7-18-15-19-11-14-42-26(19)25(32)24(18)31/h7-8,11,14-15,20-21H,9-10,12-13,16-17H2,1-6H3,(H,33,39)(H,34,38). The summed E-state index contributed by atoms with van der Waals surface area (Å²) in [4.78, 5) is 52.5. The van der Waals surface area contributed by atoms with E-state index in [2.05, 4.69) is 10.6 Å².